The first kappa shape index (κ1) is 9.86. The maximum atomic E-state index is 10.8. The summed E-state index contributed by atoms with van der Waals surface area (Å²) >= 11 is 5.33. The second-order valence-electron chi connectivity index (χ2n) is 4.08. The number of amides is 1. The standard InChI is InChI=1S/C9H14N2O2S/c12-8(13)11-4-2-9(7(14)5-11)1-3-10-6-9/h10H,1-6H2,(H,12,13). The highest BCUT2D eigenvalue weighted by Gasteiger charge is 2.42. The molecule has 0 bridgehead atoms. The van der Waals surface area contributed by atoms with Crippen LogP contribution in [0.25, 0.3) is 0 Å². The Morgan fingerprint density at radius 3 is 2.86 bits per heavy atom. The average Bonchev–Trinajstić information content (AvgIpc) is 2.59. The Bertz CT molecular complexity index is 274. The van der Waals surface area contributed by atoms with Gasteiger partial charge in [0.1, 0.15) is 0 Å². The number of nitrogens with zero attached hydrogens (tertiary/aromatic N) is 1. The second kappa shape index (κ2) is 3.47. The van der Waals surface area contributed by atoms with E-state index in [-0.39, 0.29) is 5.41 Å². The van der Waals surface area contributed by atoms with Crippen molar-refractivity contribution >= 4 is 23.2 Å². The summed E-state index contributed by atoms with van der Waals surface area (Å²) in [6, 6.07) is 0. The van der Waals surface area contributed by atoms with E-state index >= 15 is 0 Å². The quantitative estimate of drug-likeness (QED) is 0.583. The first-order valence-corrected chi connectivity index (χ1v) is 5.27. The predicted molar refractivity (Wildman–Crippen MR) is 56.7 cm³/mol. The summed E-state index contributed by atoms with van der Waals surface area (Å²) in [6.07, 6.45) is 1.10. The maximum absolute atomic E-state index is 10.8. The Hall–Kier alpha value is -0.680. The van der Waals surface area contributed by atoms with Gasteiger partial charge >= 0.3 is 6.09 Å². The Morgan fingerprint density at radius 2 is 2.36 bits per heavy atom. The van der Waals surface area contributed by atoms with E-state index in [2.05, 4.69) is 5.32 Å². The van der Waals surface area contributed by atoms with E-state index in [9.17, 15) is 4.79 Å². The highest BCUT2D eigenvalue weighted by atomic mass is 32.1. The number of thiocarbonyl (C=S) groups is 1. The lowest BCUT2D eigenvalue weighted by molar-refractivity contribution is 0.140. The van der Waals surface area contributed by atoms with Crippen LogP contribution in [0.4, 0.5) is 4.79 Å². The molecule has 78 valence electrons. The molecule has 2 aliphatic heterocycles. The van der Waals surface area contributed by atoms with Crippen molar-refractivity contribution in [1.29, 1.82) is 0 Å². The fourth-order valence-corrected chi connectivity index (χ4v) is 2.70. The van der Waals surface area contributed by atoms with Crippen molar-refractivity contribution in [3.8, 4) is 0 Å². The number of carbonyl (C=O) groups is 1. The molecular weight excluding hydrogens is 200 g/mol. The molecule has 14 heavy (non-hydrogen) atoms. The molecule has 0 aromatic heterocycles. The lowest BCUT2D eigenvalue weighted by atomic mass is 9.77. The van der Waals surface area contributed by atoms with Gasteiger partial charge in [0.2, 0.25) is 0 Å². The predicted octanol–water partition coefficient (Wildman–Crippen LogP) is 0.720. The molecule has 0 aromatic rings. The molecular formula is C9H14N2O2S. The van der Waals surface area contributed by atoms with Gasteiger partial charge in [0.15, 0.2) is 0 Å². The molecule has 2 rings (SSSR count). The third kappa shape index (κ3) is 1.50. The van der Waals surface area contributed by atoms with Crippen LogP contribution < -0.4 is 5.32 Å². The molecule has 2 aliphatic rings. The van der Waals surface area contributed by atoms with E-state index in [0.29, 0.717) is 13.1 Å². The van der Waals surface area contributed by atoms with E-state index in [0.717, 1.165) is 30.8 Å². The highest BCUT2D eigenvalue weighted by molar-refractivity contribution is 7.80. The van der Waals surface area contributed by atoms with Crippen LogP contribution in [0.3, 0.4) is 0 Å². The van der Waals surface area contributed by atoms with Crippen LogP contribution >= 0.6 is 12.2 Å². The first-order valence-electron chi connectivity index (χ1n) is 4.86. The lowest BCUT2D eigenvalue weighted by Crippen LogP contribution is -2.49. The second-order valence-corrected chi connectivity index (χ2v) is 4.58. The van der Waals surface area contributed by atoms with E-state index in [1.807, 2.05) is 0 Å². The molecule has 2 heterocycles. The molecule has 1 unspecified atom stereocenters. The third-order valence-electron chi connectivity index (χ3n) is 3.30. The van der Waals surface area contributed by atoms with Gasteiger partial charge in [-0.05, 0) is 19.4 Å². The van der Waals surface area contributed by atoms with Crippen molar-refractivity contribution in [2.75, 3.05) is 26.2 Å². The number of hydrogen-bond donors (Lipinski definition) is 2. The molecule has 0 radical (unpaired) electrons. The molecule has 0 saturated carbocycles. The fraction of sp³-hybridized carbons (Fsp3) is 0.778. The van der Waals surface area contributed by atoms with Crippen molar-refractivity contribution in [2.24, 2.45) is 5.41 Å². The Balaban J connectivity index is 2.07. The van der Waals surface area contributed by atoms with E-state index in [1.165, 1.54) is 4.90 Å². The summed E-state index contributed by atoms with van der Waals surface area (Å²) in [7, 11) is 0. The van der Waals surface area contributed by atoms with Gasteiger partial charge in [-0.2, -0.15) is 0 Å². The van der Waals surface area contributed by atoms with E-state index < -0.39 is 6.09 Å². The maximum Gasteiger partial charge on any atom is 0.407 e. The number of piperidine rings is 1. The van der Waals surface area contributed by atoms with Gasteiger partial charge in [0.25, 0.3) is 0 Å². The van der Waals surface area contributed by atoms with Gasteiger partial charge in [-0.1, -0.05) is 12.2 Å². The zero-order valence-electron chi connectivity index (χ0n) is 7.95. The molecule has 2 saturated heterocycles. The molecule has 2 fully saturated rings. The largest absolute Gasteiger partial charge is 0.465 e. The molecule has 0 aromatic carbocycles. The van der Waals surface area contributed by atoms with Gasteiger partial charge < -0.3 is 15.3 Å². The van der Waals surface area contributed by atoms with Crippen molar-refractivity contribution in [2.45, 2.75) is 12.8 Å². The minimum absolute atomic E-state index is 0.112. The van der Waals surface area contributed by atoms with Gasteiger partial charge in [-0.15, -0.1) is 0 Å². The molecule has 1 spiro atoms. The van der Waals surface area contributed by atoms with Crippen molar-refractivity contribution in [1.82, 2.24) is 10.2 Å². The Morgan fingerprint density at radius 1 is 1.57 bits per heavy atom. The monoisotopic (exact) mass is 214 g/mol. The fourth-order valence-electron chi connectivity index (χ4n) is 2.27. The number of hydrogen-bond acceptors (Lipinski definition) is 3. The van der Waals surface area contributed by atoms with Gasteiger partial charge in [-0.3, -0.25) is 0 Å². The van der Waals surface area contributed by atoms with Crippen LogP contribution in [0.2, 0.25) is 0 Å². The van der Waals surface area contributed by atoms with Crippen LogP contribution in [0.1, 0.15) is 12.8 Å². The SMILES string of the molecule is O=C(O)N1CCC2(CCNC2)C(=S)C1. The summed E-state index contributed by atoms with van der Waals surface area (Å²) in [5.74, 6) is 0. The topological polar surface area (TPSA) is 52.6 Å². The average molecular weight is 214 g/mol. The summed E-state index contributed by atoms with van der Waals surface area (Å²) in [5, 5.41) is 12.1. The van der Waals surface area contributed by atoms with Crippen molar-refractivity contribution in [3.63, 3.8) is 0 Å². The van der Waals surface area contributed by atoms with Crippen molar-refractivity contribution in [3.05, 3.63) is 0 Å². The van der Waals surface area contributed by atoms with Gasteiger partial charge in [-0.25, -0.2) is 4.79 Å². The lowest BCUT2D eigenvalue weighted by Gasteiger charge is -2.38. The van der Waals surface area contributed by atoms with Crippen LogP contribution in [-0.4, -0.2) is 47.1 Å². The normalized spacial score (nSPS) is 32.6. The molecule has 0 aliphatic carbocycles. The summed E-state index contributed by atoms with van der Waals surface area (Å²) in [5.41, 5.74) is 0.112. The van der Waals surface area contributed by atoms with E-state index in [4.69, 9.17) is 17.3 Å². The number of carboxylic acid groups (broad SMARTS) is 1. The van der Waals surface area contributed by atoms with E-state index in [1.54, 1.807) is 0 Å². The molecule has 1 atom stereocenters. The zero-order valence-corrected chi connectivity index (χ0v) is 8.77. The van der Waals surface area contributed by atoms with Crippen LogP contribution in [0, 0.1) is 5.41 Å². The summed E-state index contributed by atoms with van der Waals surface area (Å²) in [6.45, 7) is 3.00. The highest BCUT2D eigenvalue weighted by Crippen LogP contribution is 2.35. The molecule has 2 N–H and O–H groups in total. The summed E-state index contributed by atoms with van der Waals surface area (Å²) in [4.78, 5) is 13.1. The first-order chi connectivity index (χ1) is 6.64. The van der Waals surface area contributed by atoms with Crippen LogP contribution in [0.15, 0.2) is 0 Å². The number of likely N-dealkylation sites (tertiary alicyclic amines) is 1. The number of rotatable bonds is 0. The third-order valence-corrected chi connectivity index (χ3v) is 3.86. The van der Waals surface area contributed by atoms with Crippen LogP contribution in [0.5, 0.6) is 0 Å². The van der Waals surface area contributed by atoms with Gasteiger partial charge in [0, 0.05) is 23.4 Å². The molecule has 5 heteroatoms. The van der Waals surface area contributed by atoms with Crippen LogP contribution in [-0.2, 0) is 0 Å². The minimum atomic E-state index is -0.854. The van der Waals surface area contributed by atoms with Crippen molar-refractivity contribution < 1.29 is 9.90 Å². The Kier molecular flexibility index (Phi) is 2.45. The Labute approximate surface area is 88.3 Å². The number of nitrogens with one attached hydrogen (secondary N) is 1. The summed E-state index contributed by atoms with van der Waals surface area (Å²) < 4.78 is 0. The minimum Gasteiger partial charge on any atom is -0.465 e. The smallest absolute Gasteiger partial charge is 0.407 e. The van der Waals surface area contributed by atoms with Gasteiger partial charge in [0.05, 0.1) is 6.54 Å². The molecule has 4 nitrogen and oxygen atoms in total. The molecule has 1 amide bonds. The zero-order chi connectivity index (χ0) is 10.2.